The molecule has 6 heteroatoms. The van der Waals surface area contributed by atoms with Crippen LogP contribution in [0.3, 0.4) is 0 Å². The second-order valence-corrected chi connectivity index (χ2v) is 5.30. The molecule has 1 amide bonds. The maximum atomic E-state index is 11.4. The summed E-state index contributed by atoms with van der Waals surface area (Å²) in [6.45, 7) is 3.54. The summed E-state index contributed by atoms with van der Waals surface area (Å²) in [5.74, 6) is 4.88. The van der Waals surface area contributed by atoms with E-state index >= 15 is 0 Å². The highest BCUT2D eigenvalue weighted by molar-refractivity contribution is 5.80. The predicted molar refractivity (Wildman–Crippen MR) is 75.5 cm³/mol. The fraction of sp³-hybridized carbons (Fsp3) is 0.571. The number of ether oxygens (including phenoxy) is 1. The zero-order valence-electron chi connectivity index (χ0n) is 12.0. The molecule has 0 aromatic carbocycles. The first-order valence-corrected chi connectivity index (χ1v) is 6.85. The fourth-order valence-corrected chi connectivity index (χ4v) is 2.50. The molecule has 1 aromatic rings. The third-order valence-electron chi connectivity index (χ3n) is 3.44. The van der Waals surface area contributed by atoms with Gasteiger partial charge in [-0.25, -0.2) is 5.84 Å². The van der Waals surface area contributed by atoms with Gasteiger partial charge >= 0.3 is 0 Å². The molecule has 0 radical (unpaired) electrons. The highest BCUT2D eigenvalue weighted by atomic mass is 16.5. The molecule has 2 unspecified atom stereocenters. The normalized spacial score (nSPS) is 22.2. The van der Waals surface area contributed by atoms with E-state index in [0.29, 0.717) is 0 Å². The van der Waals surface area contributed by atoms with Crippen molar-refractivity contribution in [3.63, 3.8) is 0 Å². The van der Waals surface area contributed by atoms with Crippen LogP contribution in [0.2, 0.25) is 0 Å². The average molecular weight is 278 g/mol. The van der Waals surface area contributed by atoms with Gasteiger partial charge in [0.2, 0.25) is 0 Å². The lowest BCUT2D eigenvalue weighted by molar-refractivity contribution is -0.132. The van der Waals surface area contributed by atoms with Crippen LogP contribution in [0.25, 0.3) is 0 Å². The minimum atomic E-state index is -0.407. The van der Waals surface area contributed by atoms with Crippen molar-refractivity contribution in [1.29, 1.82) is 0 Å². The minimum Gasteiger partial charge on any atom is -0.364 e. The van der Waals surface area contributed by atoms with E-state index in [-0.39, 0.29) is 12.0 Å². The number of aryl methyl sites for hydroxylation is 1. The first-order chi connectivity index (χ1) is 9.58. The van der Waals surface area contributed by atoms with E-state index in [2.05, 4.69) is 15.3 Å². The van der Waals surface area contributed by atoms with Crippen molar-refractivity contribution in [3.8, 4) is 0 Å². The largest absolute Gasteiger partial charge is 0.364 e. The van der Waals surface area contributed by atoms with Gasteiger partial charge < -0.3 is 4.74 Å². The Labute approximate surface area is 119 Å². The van der Waals surface area contributed by atoms with Crippen molar-refractivity contribution in [2.24, 2.45) is 5.84 Å². The number of amides is 1. The SMILES string of the molecule is Cc1cccc(CN(C)CC2CCC(C(=O)NN)O2)n1. The fourth-order valence-electron chi connectivity index (χ4n) is 2.50. The van der Waals surface area contributed by atoms with Gasteiger partial charge in [-0.2, -0.15) is 0 Å². The van der Waals surface area contributed by atoms with E-state index in [4.69, 9.17) is 10.6 Å². The summed E-state index contributed by atoms with van der Waals surface area (Å²) in [6, 6.07) is 6.02. The number of likely N-dealkylation sites (N-methyl/N-ethyl adjacent to an activating group) is 1. The van der Waals surface area contributed by atoms with Gasteiger partial charge in [0.05, 0.1) is 11.8 Å². The van der Waals surface area contributed by atoms with Gasteiger partial charge in [0, 0.05) is 18.8 Å². The van der Waals surface area contributed by atoms with Gasteiger partial charge in [0.1, 0.15) is 6.10 Å². The van der Waals surface area contributed by atoms with Crippen LogP contribution in [0.4, 0.5) is 0 Å². The highest BCUT2D eigenvalue weighted by Crippen LogP contribution is 2.20. The summed E-state index contributed by atoms with van der Waals surface area (Å²) < 4.78 is 5.69. The van der Waals surface area contributed by atoms with Crippen molar-refractivity contribution in [3.05, 3.63) is 29.6 Å². The molecule has 0 aliphatic carbocycles. The van der Waals surface area contributed by atoms with Crippen LogP contribution >= 0.6 is 0 Å². The molecule has 110 valence electrons. The Morgan fingerprint density at radius 1 is 1.55 bits per heavy atom. The summed E-state index contributed by atoms with van der Waals surface area (Å²) >= 11 is 0. The van der Waals surface area contributed by atoms with E-state index in [1.54, 1.807) is 0 Å². The Bertz CT molecular complexity index is 466. The number of nitrogens with two attached hydrogens (primary N) is 1. The summed E-state index contributed by atoms with van der Waals surface area (Å²) in [7, 11) is 2.03. The number of rotatable bonds is 5. The Morgan fingerprint density at radius 2 is 2.35 bits per heavy atom. The van der Waals surface area contributed by atoms with Crippen LogP contribution in [0.15, 0.2) is 18.2 Å². The lowest BCUT2D eigenvalue weighted by Crippen LogP contribution is -2.39. The standard InChI is InChI=1S/C14H22N4O2/c1-10-4-3-5-11(16-10)8-18(2)9-12-6-7-13(20-12)14(19)17-15/h3-5,12-13H,6-9,15H2,1-2H3,(H,17,19). The zero-order valence-corrected chi connectivity index (χ0v) is 12.0. The second-order valence-electron chi connectivity index (χ2n) is 5.30. The lowest BCUT2D eigenvalue weighted by atomic mass is 10.2. The molecule has 0 saturated carbocycles. The maximum absolute atomic E-state index is 11.4. The number of hydrazine groups is 1. The predicted octanol–water partition coefficient (Wildman–Crippen LogP) is 0.359. The molecule has 6 nitrogen and oxygen atoms in total. The molecule has 1 fully saturated rings. The number of carbonyl (C=O) groups excluding carboxylic acids is 1. The molecule has 0 spiro atoms. The van der Waals surface area contributed by atoms with Gasteiger partial charge in [-0.3, -0.25) is 20.1 Å². The smallest absolute Gasteiger partial charge is 0.263 e. The van der Waals surface area contributed by atoms with Crippen LogP contribution in [-0.2, 0) is 16.1 Å². The van der Waals surface area contributed by atoms with Crippen LogP contribution in [-0.4, -0.2) is 41.6 Å². The minimum absolute atomic E-state index is 0.0760. The molecule has 3 N–H and O–H groups in total. The van der Waals surface area contributed by atoms with E-state index in [1.807, 2.05) is 32.2 Å². The topological polar surface area (TPSA) is 80.5 Å². The first-order valence-electron chi connectivity index (χ1n) is 6.85. The number of hydrogen-bond donors (Lipinski definition) is 2. The average Bonchev–Trinajstić information content (AvgIpc) is 2.86. The Morgan fingerprint density at radius 3 is 3.05 bits per heavy atom. The second kappa shape index (κ2) is 6.78. The van der Waals surface area contributed by atoms with Gasteiger partial charge in [-0.1, -0.05) is 6.07 Å². The van der Waals surface area contributed by atoms with Crippen LogP contribution in [0.1, 0.15) is 24.2 Å². The third-order valence-corrected chi connectivity index (χ3v) is 3.44. The van der Waals surface area contributed by atoms with Crippen molar-refractivity contribution in [2.45, 2.75) is 38.5 Å². The molecule has 0 bridgehead atoms. The number of pyridine rings is 1. The van der Waals surface area contributed by atoms with Crippen LogP contribution < -0.4 is 11.3 Å². The quantitative estimate of drug-likeness (QED) is 0.462. The van der Waals surface area contributed by atoms with E-state index in [0.717, 1.165) is 37.3 Å². The summed E-state index contributed by atoms with van der Waals surface area (Å²) in [5, 5.41) is 0. The molecular formula is C14H22N4O2. The lowest BCUT2D eigenvalue weighted by Gasteiger charge is -2.21. The summed E-state index contributed by atoms with van der Waals surface area (Å²) in [4.78, 5) is 18.0. The molecule has 2 atom stereocenters. The number of nitrogens with one attached hydrogen (secondary N) is 1. The van der Waals surface area contributed by atoms with Gasteiger partial charge in [-0.05, 0) is 38.9 Å². The van der Waals surface area contributed by atoms with Gasteiger partial charge in [-0.15, -0.1) is 0 Å². The first kappa shape index (κ1) is 14.9. The van der Waals surface area contributed by atoms with Crippen molar-refractivity contribution in [2.75, 3.05) is 13.6 Å². The Hall–Kier alpha value is -1.50. The Balaban J connectivity index is 1.81. The molecule has 1 aliphatic rings. The summed E-state index contributed by atoms with van der Waals surface area (Å²) in [6.07, 6.45) is 1.27. The number of nitrogens with zero attached hydrogens (tertiary/aromatic N) is 2. The van der Waals surface area contributed by atoms with Gasteiger partial charge in [0.25, 0.3) is 5.91 Å². The number of aromatic nitrogens is 1. The molecular weight excluding hydrogens is 256 g/mol. The maximum Gasteiger partial charge on any atom is 0.263 e. The molecule has 2 heterocycles. The monoisotopic (exact) mass is 278 g/mol. The zero-order chi connectivity index (χ0) is 14.5. The molecule has 1 aromatic heterocycles. The van der Waals surface area contributed by atoms with Crippen molar-refractivity contribution in [1.82, 2.24) is 15.3 Å². The van der Waals surface area contributed by atoms with Crippen molar-refractivity contribution >= 4 is 5.91 Å². The van der Waals surface area contributed by atoms with Crippen LogP contribution in [0, 0.1) is 6.92 Å². The summed E-state index contributed by atoms with van der Waals surface area (Å²) in [5.41, 5.74) is 4.20. The van der Waals surface area contributed by atoms with E-state index < -0.39 is 6.10 Å². The van der Waals surface area contributed by atoms with Gasteiger partial charge in [0.15, 0.2) is 0 Å². The van der Waals surface area contributed by atoms with E-state index in [1.165, 1.54) is 0 Å². The number of hydrogen-bond acceptors (Lipinski definition) is 5. The molecule has 2 rings (SSSR count). The highest BCUT2D eigenvalue weighted by Gasteiger charge is 2.30. The third kappa shape index (κ3) is 4.00. The Kier molecular flexibility index (Phi) is 5.05. The number of carbonyl (C=O) groups is 1. The molecule has 20 heavy (non-hydrogen) atoms. The molecule has 1 saturated heterocycles. The van der Waals surface area contributed by atoms with E-state index in [9.17, 15) is 4.79 Å². The van der Waals surface area contributed by atoms with Crippen molar-refractivity contribution < 1.29 is 9.53 Å². The molecule has 1 aliphatic heterocycles. The van der Waals surface area contributed by atoms with Crippen LogP contribution in [0.5, 0.6) is 0 Å².